The minimum Gasteiger partial charge on any atom is -0.351 e. The molecule has 31 heavy (non-hydrogen) atoms. The van der Waals surface area contributed by atoms with E-state index in [1.54, 1.807) is 36.2 Å². The zero-order valence-electron chi connectivity index (χ0n) is 17.1. The van der Waals surface area contributed by atoms with Crippen molar-refractivity contribution >= 4 is 50.8 Å². The number of amides is 2. The Balaban J connectivity index is 1.63. The number of rotatable bonds is 3. The van der Waals surface area contributed by atoms with Crippen LogP contribution in [-0.4, -0.2) is 30.4 Å². The highest BCUT2D eigenvalue weighted by Crippen LogP contribution is 2.43. The van der Waals surface area contributed by atoms with Gasteiger partial charge in [0.15, 0.2) is 0 Å². The van der Waals surface area contributed by atoms with Crippen LogP contribution in [0.1, 0.15) is 23.0 Å². The molecule has 1 atom stereocenters. The molecule has 0 spiro atoms. The van der Waals surface area contributed by atoms with E-state index in [4.69, 9.17) is 16.6 Å². The Labute approximate surface area is 184 Å². The third-order valence-corrected chi connectivity index (χ3v) is 6.33. The second-order valence-electron chi connectivity index (χ2n) is 8.06. The van der Waals surface area contributed by atoms with Gasteiger partial charge in [0.25, 0.3) is 5.91 Å². The highest BCUT2D eigenvalue weighted by atomic mass is 35.5. The summed E-state index contributed by atoms with van der Waals surface area (Å²) in [5, 5.41) is 6.53. The quantitative estimate of drug-likeness (QED) is 0.480. The number of hydrogen-bond acceptors (Lipinski definition) is 3. The van der Waals surface area contributed by atoms with Crippen molar-refractivity contribution in [2.75, 3.05) is 18.5 Å². The fraction of sp³-hybridized carbons (Fsp3) is 0.160. The molecule has 6 heteroatoms. The maximum Gasteiger partial charge on any atom is 0.251 e. The topological polar surface area (TPSA) is 62.3 Å². The van der Waals surface area contributed by atoms with E-state index in [-0.39, 0.29) is 18.4 Å². The average molecular weight is 430 g/mol. The fourth-order valence-electron chi connectivity index (χ4n) is 4.37. The van der Waals surface area contributed by atoms with Crippen molar-refractivity contribution in [1.29, 1.82) is 0 Å². The summed E-state index contributed by atoms with van der Waals surface area (Å²) in [6.07, 6.45) is 0. The van der Waals surface area contributed by atoms with Crippen molar-refractivity contribution in [1.82, 2.24) is 10.3 Å². The van der Waals surface area contributed by atoms with E-state index < -0.39 is 5.41 Å². The highest BCUT2D eigenvalue weighted by molar-refractivity contribution is 6.30. The molecule has 0 bridgehead atoms. The van der Waals surface area contributed by atoms with Crippen molar-refractivity contribution < 1.29 is 9.59 Å². The molecule has 3 aromatic carbocycles. The number of carbonyl (C=O) groups excluding carboxylic acids is 2. The van der Waals surface area contributed by atoms with E-state index in [1.807, 2.05) is 43.3 Å². The van der Waals surface area contributed by atoms with Crippen molar-refractivity contribution in [2.45, 2.75) is 12.3 Å². The number of likely N-dealkylation sites (N-methyl/N-ethyl adjacent to an activating group) is 1. The van der Waals surface area contributed by atoms with E-state index >= 15 is 0 Å². The molecule has 0 radical (unpaired) electrons. The van der Waals surface area contributed by atoms with Gasteiger partial charge in [-0.1, -0.05) is 41.9 Å². The molecular weight excluding hydrogens is 410 g/mol. The summed E-state index contributed by atoms with van der Waals surface area (Å²) in [6, 6.07) is 20.5. The molecule has 0 aliphatic carbocycles. The van der Waals surface area contributed by atoms with Gasteiger partial charge in [0, 0.05) is 35.0 Å². The number of nitrogens with zero attached hydrogens (tertiary/aromatic N) is 2. The predicted octanol–water partition coefficient (Wildman–Crippen LogP) is 4.71. The van der Waals surface area contributed by atoms with Gasteiger partial charge >= 0.3 is 0 Å². The first-order valence-electron chi connectivity index (χ1n) is 10.0. The van der Waals surface area contributed by atoms with Gasteiger partial charge in [-0.25, -0.2) is 0 Å². The van der Waals surface area contributed by atoms with Crippen LogP contribution >= 0.6 is 11.6 Å². The lowest BCUT2D eigenvalue weighted by atomic mass is 9.78. The number of anilines is 1. The molecule has 2 heterocycles. The van der Waals surface area contributed by atoms with Crippen LogP contribution in [0.15, 0.2) is 66.7 Å². The summed E-state index contributed by atoms with van der Waals surface area (Å²) in [7, 11) is 1.77. The Bertz CT molecular complexity index is 1370. The van der Waals surface area contributed by atoms with Crippen LogP contribution < -0.4 is 10.2 Å². The Morgan fingerprint density at radius 1 is 1.03 bits per heavy atom. The molecule has 154 valence electrons. The van der Waals surface area contributed by atoms with E-state index in [0.29, 0.717) is 16.3 Å². The van der Waals surface area contributed by atoms with Gasteiger partial charge < -0.3 is 10.2 Å². The Hall–Kier alpha value is -3.44. The molecule has 1 aromatic heterocycles. The van der Waals surface area contributed by atoms with Gasteiger partial charge in [-0.3, -0.25) is 14.6 Å². The minimum atomic E-state index is -1.01. The lowest BCUT2D eigenvalue weighted by Crippen LogP contribution is -2.53. The molecule has 0 saturated heterocycles. The van der Waals surface area contributed by atoms with Crippen molar-refractivity contribution in [3.63, 3.8) is 0 Å². The zero-order chi connectivity index (χ0) is 21.8. The summed E-state index contributed by atoms with van der Waals surface area (Å²) in [5.74, 6) is -0.365. The molecule has 0 fully saturated rings. The zero-order valence-corrected chi connectivity index (χ0v) is 17.9. The minimum absolute atomic E-state index is 0.105. The lowest BCUT2D eigenvalue weighted by Gasteiger charge is -2.38. The number of benzene rings is 3. The summed E-state index contributed by atoms with van der Waals surface area (Å²) in [5.41, 5.74) is 1.83. The van der Waals surface area contributed by atoms with Gasteiger partial charge in [-0.15, -0.1) is 0 Å². The van der Waals surface area contributed by atoms with E-state index in [9.17, 15) is 9.59 Å². The molecule has 2 amide bonds. The summed E-state index contributed by atoms with van der Waals surface area (Å²) in [4.78, 5) is 32.8. The SMILES string of the molecule is CN1C(=O)C(C)(CNC(=O)c2ccc(Cl)cc2)c2nc3ccccc3c3cccc1c23. The summed E-state index contributed by atoms with van der Waals surface area (Å²) in [6.45, 7) is 1.98. The van der Waals surface area contributed by atoms with Gasteiger partial charge in [0.1, 0.15) is 5.41 Å². The predicted molar refractivity (Wildman–Crippen MR) is 124 cm³/mol. The van der Waals surface area contributed by atoms with Gasteiger partial charge in [0.2, 0.25) is 5.91 Å². The normalized spacial score (nSPS) is 17.9. The number of nitrogens with one attached hydrogen (secondary N) is 1. The highest BCUT2D eigenvalue weighted by Gasteiger charge is 2.45. The average Bonchev–Trinajstić information content (AvgIpc) is 2.80. The number of carbonyl (C=O) groups is 2. The van der Waals surface area contributed by atoms with Crippen LogP contribution in [-0.2, 0) is 10.2 Å². The van der Waals surface area contributed by atoms with Crippen LogP contribution in [0.25, 0.3) is 21.7 Å². The molecule has 1 aliphatic heterocycles. The third-order valence-electron chi connectivity index (χ3n) is 6.08. The Kier molecular flexibility index (Phi) is 4.45. The summed E-state index contributed by atoms with van der Waals surface area (Å²) >= 11 is 5.92. The number of aromatic nitrogens is 1. The number of para-hydroxylation sites is 1. The fourth-order valence-corrected chi connectivity index (χ4v) is 4.49. The van der Waals surface area contributed by atoms with E-state index in [2.05, 4.69) is 11.4 Å². The Morgan fingerprint density at radius 3 is 2.52 bits per heavy atom. The molecule has 0 saturated carbocycles. The molecule has 1 N–H and O–H groups in total. The summed E-state index contributed by atoms with van der Waals surface area (Å²) < 4.78 is 0. The Morgan fingerprint density at radius 2 is 1.74 bits per heavy atom. The van der Waals surface area contributed by atoms with Crippen LogP contribution in [0, 0.1) is 0 Å². The first kappa shape index (κ1) is 19.5. The van der Waals surface area contributed by atoms with E-state index in [1.165, 1.54) is 0 Å². The molecule has 4 aromatic rings. The first-order valence-corrected chi connectivity index (χ1v) is 10.4. The monoisotopic (exact) mass is 429 g/mol. The van der Waals surface area contributed by atoms with Crippen molar-refractivity contribution in [3.8, 4) is 0 Å². The molecule has 5 nitrogen and oxygen atoms in total. The standard InChI is InChI=1S/C25H20ClN3O2/c1-25(14-27-23(30)15-10-12-16(26)13-11-15)22-21-18(17-6-3-4-8-19(17)28-22)7-5-9-20(21)29(2)24(25)31/h3-13H,14H2,1-2H3,(H,27,30). The largest absolute Gasteiger partial charge is 0.351 e. The lowest BCUT2D eigenvalue weighted by molar-refractivity contribution is -0.123. The number of hydrogen-bond donors (Lipinski definition) is 1. The van der Waals surface area contributed by atoms with Crippen LogP contribution in [0.3, 0.4) is 0 Å². The maximum atomic E-state index is 13.5. The molecule has 5 rings (SSSR count). The van der Waals surface area contributed by atoms with Gasteiger partial charge in [-0.2, -0.15) is 0 Å². The number of halogens is 1. The van der Waals surface area contributed by atoms with Crippen LogP contribution in [0.4, 0.5) is 5.69 Å². The number of fused-ring (bicyclic) bond motifs is 2. The smallest absolute Gasteiger partial charge is 0.251 e. The van der Waals surface area contributed by atoms with E-state index in [0.717, 1.165) is 27.4 Å². The van der Waals surface area contributed by atoms with Gasteiger partial charge in [-0.05, 0) is 48.7 Å². The maximum absolute atomic E-state index is 13.5. The molecule has 1 aliphatic rings. The van der Waals surface area contributed by atoms with Crippen molar-refractivity contribution in [3.05, 3.63) is 83.0 Å². The van der Waals surface area contributed by atoms with Gasteiger partial charge in [0.05, 0.1) is 16.9 Å². The second-order valence-corrected chi connectivity index (χ2v) is 8.50. The first-order chi connectivity index (χ1) is 14.9. The molecular formula is C25H20ClN3O2. The molecule has 1 unspecified atom stereocenters. The van der Waals surface area contributed by atoms with Crippen LogP contribution in [0.5, 0.6) is 0 Å². The number of pyridine rings is 1. The van der Waals surface area contributed by atoms with Crippen molar-refractivity contribution in [2.24, 2.45) is 0 Å². The third kappa shape index (κ3) is 2.96. The second kappa shape index (κ2) is 7.06. The van der Waals surface area contributed by atoms with Crippen LogP contribution in [0.2, 0.25) is 5.02 Å².